The summed E-state index contributed by atoms with van der Waals surface area (Å²) in [6, 6.07) is 9.63. The maximum Gasteiger partial charge on any atom is 0.410 e. The molecule has 20 heavy (non-hydrogen) atoms. The van der Waals surface area contributed by atoms with E-state index in [1.807, 2.05) is 30.3 Å². The van der Waals surface area contributed by atoms with E-state index in [1.165, 1.54) is 0 Å². The first-order valence-corrected chi connectivity index (χ1v) is 7.19. The lowest BCUT2D eigenvalue weighted by atomic mass is 9.98. The second-order valence-corrected chi connectivity index (χ2v) is 5.17. The fraction of sp³-hybridized carbons (Fsp3) is 0.500. The average Bonchev–Trinajstić information content (AvgIpc) is 2.46. The Balaban J connectivity index is 1.91. The molecule has 0 N–H and O–H groups in total. The van der Waals surface area contributed by atoms with Gasteiger partial charge in [0.2, 0.25) is 0 Å². The maximum atomic E-state index is 12.2. The molecule has 0 saturated carbocycles. The molecule has 0 aromatic heterocycles. The first kappa shape index (κ1) is 14.6. The number of carbonyl (C=O) groups is 2. The molecule has 0 aliphatic carbocycles. The van der Waals surface area contributed by atoms with Crippen molar-refractivity contribution in [2.24, 2.45) is 0 Å². The summed E-state index contributed by atoms with van der Waals surface area (Å²) in [5, 5.41) is 0. The van der Waals surface area contributed by atoms with Gasteiger partial charge in [-0.25, -0.2) is 4.79 Å². The van der Waals surface area contributed by atoms with Crippen LogP contribution in [0.15, 0.2) is 30.3 Å². The van der Waals surface area contributed by atoms with Gasteiger partial charge in [0, 0.05) is 25.4 Å². The molecule has 1 aliphatic heterocycles. The molecule has 4 nitrogen and oxygen atoms in total. The van der Waals surface area contributed by atoms with Crippen molar-refractivity contribution < 1.29 is 14.3 Å². The van der Waals surface area contributed by atoms with Gasteiger partial charge in [-0.15, -0.1) is 0 Å². The molecule has 4 heteroatoms. The van der Waals surface area contributed by atoms with Crippen LogP contribution in [0.25, 0.3) is 0 Å². The third kappa shape index (κ3) is 3.83. The van der Waals surface area contributed by atoms with E-state index in [4.69, 9.17) is 4.74 Å². The highest BCUT2D eigenvalue weighted by Gasteiger charge is 2.30. The summed E-state index contributed by atoms with van der Waals surface area (Å²) in [7, 11) is 0. The van der Waals surface area contributed by atoms with E-state index in [2.05, 4.69) is 6.92 Å². The molecular weight excluding hydrogens is 254 g/mol. The Hall–Kier alpha value is -1.84. The Morgan fingerprint density at radius 1 is 1.35 bits per heavy atom. The van der Waals surface area contributed by atoms with Gasteiger partial charge in [-0.1, -0.05) is 43.7 Å². The summed E-state index contributed by atoms with van der Waals surface area (Å²) in [4.78, 5) is 25.4. The van der Waals surface area contributed by atoms with E-state index in [9.17, 15) is 9.59 Å². The van der Waals surface area contributed by atoms with Crippen LogP contribution in [0.3, 0.4) is 0 Å². The molecule has 0 spiro atoms. The number of rotatable bonds is 4. The highest BCUT2D eigenvalue weighted by Crippen LogP contribution is 2.20. The average molecular weight is 275 g/mol. The Morgan fingerprint density at radius 3 is 2.80 bits per heavy atom. The van der Waals surface area contributed by atoms with Crippen LogP contribution >= 0.6 is 0 Å². The van der Waals surface area contributed by atoms with Gasteiger partial charge in [-0.3, -0.25) is 4.79 Å². The predicted molar refractivity (Wildman–Crippen MR) is 76.3 cm³/mol. The quantitative estimate of drug-likeness (QED) is 0.848. The Bertz CT molecular complexity index is 458. The molecule has 1 fully saturated rings. The first-order valence-electron chi connectivity index (χ1n) is 7.19. The topological polar surface area (TPSA) is 46.6 Å². The van der Waals surface area contributed by atoms with Crippen LogP contribution in [-0.4, -0.2) is 29.4 Å². The maximum absolute atomic E-state index is 12.2. The van der Waals surface area contributed by atoms with E-state index in [0.717, 1.165) is 18.4 Å². The summed E-state index contributed by atoms with van der Waals surface area (Å²) in [5.41, 5.74) is 0.973. The van der Waals surface area contributed by atoms with Crippen molar-refractivity contribution in [2.45, 2.75) is 45.3 Å². The monoisotopic (exact) mass is 275 g/mol. The number of hydrogen-bond acceptors (Lipinski definition) is 3. The summed E-state index contributed by atoms with van der Waals surface area (Å²) in [6.07, 6.45) is 2.42. The van der Waals surface area contributed by atoms with Crippen molar-refractivity contribution in [2.75, 3.05) is 6.54 Å². The zero-order chi connectivity index (χ0) is 14.4. The van der Waals surface area contributed by atoms with Gasteiger partial charge in [-0.2, -0.15) is 0 Å². The number of carbonyl (C=O) groups excluding carboxylic acids is 2. The van der Waals surface area contributed by atoms with Gasteiger partial charge in [0.1, 0.15) is 12.4 Å². The van der Waals surface area contributed by atoms with Crippen molar-refractivity contribution in [3.05, 3.63) is 35.9 Å². The number of piperidine rings is 1. The molecule has 1 aromatic rings. The summed E-state index contributed by atoms with van der Waals surface area (Å²) < 4.78 is 5.36. The molecule has 0 unspecified atom stereocenters. The molecule has 1 heterocycles. The zero-order valence-corrected chi connectivity index (χ0v) is 11.9. The van der Waals surface area contributed by atoms with Crippen LogP contribution in [0, 0.1) is 0 Å². The van der Waals surface area contributed by atoms with Crippen LogP contribution in [-0.2, 0) is 16.1 Å². The smallest absolute Gasteiger partial charge is 0.410 e. The van der Waals surface area contributed by atoms with Crippen LogP contribution < -0.4 is 0 Å². The minimum Gasteiger partial charge on any atom is -0.445 e. The van der Waals surface area contributed by atoms with E-state index >= 15 is 0 Å². The zero-order valence-electron chi connectivity index (χ0n) is 11.9. The van der Waals surface area contributed by atoms with Crippen molar-refractivity contribution >= 4 is 11.9 Å². The molecule has 108 valence electrons. The van der Waals surface area contributed by atoms with Crippen LogP contribution in [0.4, 0.5) is 4.79 Å². The lowest BCUT2D eigenvalue weighted by molar-refractivity contribution is -0.122. The lowest BCUT2D eigenvalue weighted by Gasteiger charge is -2.34. The Kier molecular flexibility index (Phi) is 5.16. The molecule has 0 radical (unpaired) electrons. The molecule has 0 bridgehead atoms. The molecule has 1 aliphatic rings. The van der Waals surface area contributed by atoms with Crippen LogP contribution in [0.5, 0.6) is 0 Å². The predicted octanol–water partition coefficient (Wildman–Crippen LogP) is 3.16. The van der Waals surface area contributed by atoms with Gasteiger partial charge in [0.25, 0.3) is 0 Å². The third-order valence-corrected chi connectivity index (χ3v) is 3.60. The van der Waals surface area contributed by atoms with Crippen molar-refractivity contribution in [1.82, 2.24) is 4.90 Å². The second kappa shape index (κ2) is 7.08. The van der Waals surface area contributed by atoms with E-state index in [1.54, 1.807) is 4.90 Å². The number of ketones is 1. The lowest BCUT2D eigenvalue weighted by Crippen LogP contribution is -2.46. The van der Waals surface area contributed by atoms with Crippen molar-refractivity contribution in [3.8, 4) is 0 Å². The molecule has 1 amide bonds. The molecule has 1 aromatic carbocycles. The molecule has 1 saturated heterocycles. The van der Waals surface area contributed by atoms with Gasteiger partial charge in [-0.05, 0) is 12.0 Å². The fourth-order valence-electron chi connectivity index (χ4n) is 2.54. The second-order valence-electron chi connectivity index (χ2n) is 5.17. The van der Waals surface area contributed by atoms with Gasteiger partial charge in [0.15, 0.2) is 0 Å². The Labute approximate surface area is 119 Å². The summed E-state index contributed by atoms with van der Waals surface area (Å²) in [5.74, 6) is 0.246. The van der Waals surface area contributed by atoms with Crippen LogP contribution in [0.1, 0.15) is 38.2 Å². The number of nitrogens with zero attached hydrogens (tertiary/aromatic N) is 1. The summed E-state index contributed by atoms with van der Waals surface area (Å²) >= 11 is 0. The molecular formula is C16H21NO3. The van der Waals surface area contributed by atoms with Gasteiger partial charge >= 0.3 is 6.09 Å². The number of hydrogen-bond donors (Lipinski definition) is 0. The third-order valence-electron chi connectivity index (χ3n) is 3.60. The number of amides is 1. The van der Waals surface area contributed by atoms with E-state index in [0.29, 0.717) is 19.4 Å². The minimum atomic E-state index is -0.306. The van der Waals surface area contributed by atoms with E-state index < -0.39 is 0 Å². The minimum absolute atomic E-state index is 0.00419. The number of likely N-dealkylation sites (tertiary alicyclic amines) is 1. The van der Waals surface area contributed by atoms with Gasteiger partial charge < -0.3 is 9.64 Å². The number of benzene rings is 1. The van der Waals surface area contributed by atoms with E-state index in [-0.39, 0.29) is 24.5 Å². The molecule has 2 rings (SSSR count). The Morgan fingerprint density at radius 2 is 2.10 bits per heavy atom. The highest BCUT2D eigenvalue weighted by atomic mass is 16.6. The van der Waals surface area contributed by atoms with Gasteiger partial charge in [0.05, 0.1) is 0 Å². The molecule has 1 atom stereocenters. The normalized spacial score (nSPS) is 18.9. The van der Waals surface area contributed by atoms with Crippen molar-refractivity contribution in [1.29, 1.82) is 0 Å². The fourth-order valence-corrected chi connectivity index (χ4v) is 2.54. The van der Waals surface area contributed by atoms with Crippen molar-refractivity contribution in [3.63, 3.8) is 0 Å². The van der Waals surface area contributed by atoms with Crippen LogP contribution in [0.2, 0.25) is 0 Å². The summed E-state index contributed by atoms with van der Waals surface area (Å²) in [6.45, 7) is 2.83. The standard InChI is InChI=1S/C16H21NO3/c1-2-6-14-11-15(18)9-10-17(14)16(19)20-12-13-7-4-3-5-8-13/h3-5,7-8,14H,2,6,9-12H2,1H3/t14-/m1/s1. The first-order chi connectivity index (χ1) is 9.70. The number of ether oxygens (including phenoxy) is 1. The SMILES string of the molecule is CCC[C@@H]1CC(=O)CCN1C(=O)OCc1ccccc1. The number of Topliss-reactive ketones (excluding diaryl/α,β-unsaturated/α-hetero) is 1. The highest BCUT2D eigenvalue weighted by molar-refractivity contribution is 5.82. The largest absolute Gasteiger partial charge is 0.445 e.